The van der Waals surface area contributed by atoms with Gasteiger partial charge < -0.3 is 10.1 Å². The number of amides is 1. The fourth-order valence-electron chi connectivity index (χ4n) is 2.16. The molecule has 8 nitrogen and oxygen atoms in total. The molecule has 24 heavy (non-hydrogen) atoms. The zero-order valence-electron chi connectivity index (χ0n) is 13.4. The number of nitro groups is 1. The molecule has 1 aromatic rings. The minimum absolute atomic E-state index is 0.00414. The number of ether oxygens (including phenoxy) is 1. The van der Waals surface area contributed by atoms with Crippen LogP contribution in [0.5, 0.6) is 0 Å². The molecule has 1 rings (SSSR count). The lowest BCUT2D eigenvalue weighted by molar-refractivity contribution is -0.384. The first-order valence-corrected chi connectivity index (χ1v) is 7.41. The van der Waals surface area contributed by atoms with Crippen molar-refractivity contribution in [3.8, 4) is 0 Å². The van der Waals surface area contributed by atoms with Crippen LogP contribution >= 0.6 is 11.6 Å². The van der Waals surface area contributed by atoms with Crippen LogP contribution in [0, 0.1) is 10.1 Å². The zero-order chi connectivity index (χ0) is 18.5. The highest BCUT2D eigenvalue weighted by atomic mass is 35.5. The summed E-state index contributed by atoms with van der Waals surface area (Å²) in [5.74, 6) is -2.15. The van der Waals surface area contributed by atoms with E-state index in [0.29, 0.717) is 5.56 Å². The quantitative estimate of drug-likeness (QED) is 0.345. The van der Waals surface area contributed by atoms with Crippen molar-refractivity contribution in [3.05, 3.63) is 38.9 Å². The van der Waals surface area contributed by atoms with Crippen LogP contribution < -0.4 is 5.32 Å². The molecule has 1 amide bonds. The Kier molecular flexibility index (Phi) is 6.42. The summed E-state index contributed by atoms with van der Waals surface area (Å²) in [6.45, 7) is 3.89. The van der Waals surface area contributed by atoms with Gasteiger partial charge in [-0.1, -0.05) is 17.7 Å². The van der Waals surface area contributed by atoms with Gasteiger partial charge in [-0.05, 0) is 19.4 Å². The molecular formula is C15H17ClN2O6. The van der Waals surface area contributed by atoms with Crippen molar-refractivity contribution < 1.29 is 24.0 Å². The van der Waals surface area contributed by atoms with E-state index in [1.54, 1.807) is 6.92 Å². The van der Waals surface area contributed by atoms with E-state index >= 15 is 0 Å². The first-order valence-electron chi connectivity index (χ1n) is 7.04. The zero-order valence-corrected chi connectivity index (χ0v) is 14.2. The van der Waals surface area contributed by atoms with E-state index in [4.69, 9.17) is 16.3 Å². The molecule has 0 spiro atoms. The Balaban J connectivity index is 3.35. The van der Waals surface area contributed by atoms with E-state index in [9.17, 15) is 24.5 Å². The van der Waals surface area contributed by atoms with Crippen molar-refractivity contribution >= 4 is 34.9 Å². The van der Waals surface area contributed by atoms with E-state index in [2.05, 4.69) is 5.32 Å². The molecule has 9 heteroatoms. The maximum atomic E-state index is 12.3. The number of carbonyl (C=O) groups is 3. The molecule has 1 aromatic carbocycles. The van der Waals surface area contributed by atoms with Crippen LogP contribution in [0.3, 0.4) is 0 Å². The first-order chi connectivity index (χ1) is 11.1. The third-order valence-electron chi connectivity index (χ3n) is 3.32. The summed E-state index contributed by atoms with van der Waals surface area (Å²) in [6, 6.07) is 3.64. The summed E-state index contributed by atoms with van der Waals surface area (Å²) in [5.41, 5.74) is -1.88. The Morgan fingerprint density at radius 1 is 1.33 bits per heavy atom. The van der Waals surface area contributed by atoms with E-state index in [-0.39, 0.29) is 23.7 Å². The van der Waals surface area contributed by atoms with E-state index in [1.165, 1.54) is 12.1 Å². The molecule has 1 atom stereocenters. The minimum Gasteiger partial charge on any atom is -0.464 e. The molecule has 0 saturated heterocycles. The highest BCUT2D eigenvalue weighted by Crippen LogP contribution is 2.27. The van der Waals surface area contributed by atoms with Gasteiger partial charge in [0.1, 0.15) is 0 Å². The van der Waals surface area contributed by atoms with Gasteiger partial charge in [-0.2, -0.15) is 0 Å². The van der Waals surface area contributed by atoms with Gasteiger partial charge in [-0.25, -0.2) is 4.79 Å². The number of hydrogen-bond donors (Lipinski definition) is 1. The number of rotatable bonds is 7. The largest absolute Gasteiger partial charge is 0.464 e. The highest BCUT2D eigenvalue weighted by Gasteiger charge is 2.46. The predicted octanol–water partition coefficient (Wildman–Crippen LogP) is 1.82. The minimum atomic E-state index is -1.94. The van der Waals surface area contributed by atoms with Gasteiger partial charge in [0.05, 0.1) is 16.6 Å². The third kappa shape index (κ3) is 4.29. The van der Waals surface area contributed by atoms with Crippen LogP contribution in [0.1, 0.15) is 26.3 Å². The summed E-state index contributed by atoms with van der Waals surface area (Å²) < 4.78 is 4.92. The lowest BCUT2D eigenvalue weighted by atomic mass is 9.86. The van der Waals surface area contributed by atoms with Crippen LogP contribution in [0.4, 0.5) is 5.69 Å². The van der Waals surface area contributed by atoms with Crippen LogP contribution in [0.2, 0.25) is 5.02 Å². The topological polar surface area (TPSA) is 116 Å². The first kappa shape index (κ1) is 19.6. The number of esters is 1. The second kappa shape index (κ2) is 7.87. The van der Waals surface area contributed by atoms with E-state index < -0.39 is 28.1 Å². The van der Waals surface area contributed by atoms with Crippen molar-refractivity contribution in [2.45, 2.75) is 32.7 Å². The average molecular weight is 357 g/mol. The number of ketones is 1. The number of non-ortho nitro benzene ring substituents is 1. The molecule has 0 aromatic heterocycles. The molecular weight excluding hydrogens is 340 g/mol. The van der Waals surface area contributed by atoms with Crippen LogP contribution in [-0.2, 0) is 25.5 Å². The number of nitro benzene ring substituents is 1. The second-order valence-corrected chi connectivity index (χ2v) is 5.48. The number of carbonyl (C=O) groups excluding carboxylic acids is 3. The molecule has 130 valence electrons. The van der Waals surface area contributed by atoms with Crippen LogP contribution in [-0.4, -0.2) is 34.7 Å². The van der Waals surface area contributed by atoms with Gasteiger partial charge in [-0.3, -0.25) is 19.7 Å². The number of hydrogen-bond acceptors (Lipinski definition) is 6. The maximum Gasteiger partial charge on any atom is 0.340 e. The van der Waals surface area contributed by atoms with Crippen molar-refractivity contribution in [1.29, 1.82) is 0 Å². The molecule has 0 fully saturated rings. The summed E-state index contributed by atoms with van der Waals surface area (Å²) >= 11 is 6.02. The van der Waals surface area contributed by atoms with Crippen LogP contribution in [0.15, 0.2) is 18.2 Å². The fraction of sp³-hybridized carbons (Fsp3) is 0.400. The van der Waals surface area contributed by atoms with Crippen LogP contribution in [0.25, 0.3) is 0 Å². The molecule has 0 heterocycles. The van der Waals surface area contributed by atoms with Gasteiger partial charge in [0.15, 0.2) is 5.78 Å². The van der Waals surface area contributed by atoms with Crippen molar-refractivity contribution in [2.75, 3.05) is 6.61 Å². The molecule has 0 radical (unpaired) electrons. The summed E-state index contributed by atoms with van der Waals surface area (Å²) in [6.07, 6.45) is -0.280. The number of benzene rings is 1. The normalized spacial score (nSPS) is 12.8. The Morgan fingerprint density at radius 2 is 1.96 bits per heavy atom. The Labute approximate surface area is 143 Å². The van der Waals surface area contributed by atoms with Crippen molar-refractivity contribution in [2.24, 2.45) is 0 Å². The van der Waals surface area contributed by atoms with Gasteiger partial charge in [0.2, 0.25) is 11.4 Å². The number of nitrogens with zero attached hydrogens (tertiary/aromatic N) is 1. The predicted molar refractivity (Wildman–Crippen MR) is 85.7 cm³/mol. The maximum absolute atomic E-state index is 12.3. The fourth-order valence-corrected chi connectivity index (χ4v) is 2.40. The number of nitrogens with one attached hydrogen (secondary N) is 1. The molecule has 1 N–H and O–H groups in total. The molecule has 1 unspecified atom stereocenters. The monoisotopic (exact) mass is 356 g/mol. The SMILES string of the molecule is CCOC(=O)C(Cc1ccc([N+](=O)[O-])cc1Cl)(NC(C)=O)C(C)=O. The summed E-state index contributed by atoms with van der Waals surface area (Å²) in [5, 5.41) is 13.1. The molecule has 0 aliphatic carbocycles. The Morgan fingerprint density at radius 3 is 2.38 bits per heavy atom. The molecule has 0 aliphatic rings. The van der Waals surface area contributed by atoms with Gasteiger partial charge in [0.25, 0.3) is 5.69 Å². The smallest absolute Gasteiger partial charge is 0.340 e. The molecule has 0 saturated carbocycles. The van der Waals surface area contributed by atoms with E-state index in [0.717, 1.165) is 19.9 Å². The lowest BCUT2D eigenvalue weighted by Crippen LogP contribution is -2.61. The Hall–Kier alpha value is -2.48. The van der Waals surface area contributed by atoms with Gasteiger partial charge >= 0.3 is 5.97 Å². The van der Waals surface area contributed by atoms with Gasteiger partial charge in [-0.15, -0.1) is 0 Å². The van der Waals surface area contributed by atoms with Gasteiger partial charge in [0, 0.05) is 25.5 Å². The lowest BCUT2D eigenvalue weighted by Gasteiger charge is -2.29. The summed E-state index contributed by atoms with van der Waals surface area (Å²) in [7, 11) is 0. The average Bonchev–Trinajstić information content (AvgIpc) is 2.47. The third-order valence-corrected chi connectivity index (χ3v) is 3.67. The summed E-state index contributed by atoms with van der Waals surface area (Å²) in [4.78, 5) is 46.1. The van der Waals surface area contributed by atoms with Crippen molar-refractivity contribution in [1.82, 2.24) is 5.32 Å². The number of Topliss-reactive ketones (excluding diaryl/α,β-unsaturated/α-hetero) is 1. The van der Waals surface area contributed by atoms with E-state index in [1.807, 2.05) is 0 Å². The second-order valence-electron chi connectivity index (χ2n) is 5.07. The van der Waals surface area contributed by atoms with Crippen molar-refractivity contribution in [3.63, 3.8) is 0 Å². The standard InChI is InChI=1S/C15H17ClN2O6/c1-4-24-14(21)15(9(2)19,17-10(3)20)8-11-5-6-12(18(22)23)7-13(11)16/h5-7H,4,8H2,1-3H3,(H,17,20). The highest BCUT2D eigenvalue weighted by molar-refractivity contribution is 6.31. The molecule has 0 aliphatic heterocycles. The number of halogens is 1. The molecule has 0 bridgehead atoms. The Bertz CT molecular complexity index is 691.